The molecule has 1 aliphatic heterocycles. The maximum atomic E-state index is 13.0. The second-order valence-corrected chi connectivity index (χ2v) is 7.09. The van der Waals surface area contributed by atoms with Crippen molar-refractivity contribution in [2.24, 2.45) is 0 Å². The molecule has 0 unspecified atom stereocenters. The molecule has 8 heteroatoms. The molecule has 0 aliphatic carbocycles. The standard InChI is InChI=1S/C21H18F2N2O4/c1-21(22,23)12-28-20(27)16-4-2-3-14-9-15(29-18(14)16)11-25-8-6-13-5-7-24-10-17(13)19(25)26/h2-5,7,9-10H,6,8,11-12H2,1H3. The third-order valence-electron chi connectivity index (χ3n) is 4.70. The molecule has 29 heavy (non-hydrogen) atoms. The maximum Gasteiger partial charge on any atom is 0.342 e. The van der Waals surface area contributed by atoms with Gasteiger partial charge in [0.2, 0.25) is 0 Å². The number of fused-ring (bicyclic) bond motifs is 2. The number of rotatable bonds is 5. The maximum absolute atomic E-state index is 13.0. The fourth-order valence-corrected chi connectivity index (χ4v) is 3.33. The monoisotopic (exact) mass is 400 g/mol. The van der Waals surface area contributed by atoms with E-state index in [4.69, 9.17) is 9.15 Å². The van der Waals surface area contributed by atoms with E-state index in [2.05, 4.69) is 4.98 Å². The Bertz CT molecular complexity index is 1090. The van der Waals surface area contributed by atoms with E-state index in [9.17, 15) is 18.4 Å². The van der Waals surface area contributed by atoms with E-state index in [-0.39, 0.29) is 23.6 Å². The van der Waals surface area contributed by atoms with Gasteiger partial charge in [-0.1, -0.05) is 12.1 Å². The number of carbonyl (C=O) groups excluding carboxylic acids is 2. The molecule has 4 rings (SSSR count). The highest BCUT2D eigenvalue weighted by molar-refractivity contribution is 6.02. The van der Waals surface area contributed by atoms with Gasteiger partial charge < -0.3 is 14.1 Å². The number of alkyl halides is 2. The zero-order valence-electron chi connectivity index (χ0n) is 15.7. The first-order chi connectivity index (χ1) is 13.8. The lowest BCUT2D eigenvalue weighted by atomic mass is 10.0. The summed E-state index contributed by atoms with van der Waals surface area (Å²) in [4.78, 5) is 30.6. The number of hydrogen-bond acceptors (Lipinski definition) is 5. The summed E-state index contributed by atoms with van der Waals surface area (Å²) in [6.45, 7) is 0.428. The lowest BCUT2D eigenvalue weighted by molar-refractivity contribution is -0.0466. The lowest BCUT2D eigenvalue weighted by Gasteiger charge is -2.27. The molecular weight excluding hydrogens is 382 g/mol. The summed E-state index contributed by atoms with van der Waals surface area (Å²) in [6.07, 6.45) is 3.93. The van der Waals surface area contributed by atoms with Crippen LogP contribution in [0.15, 0.2) is 47.1 Å². The van der Waals surface area contributed by atoms with Gasteiger partial charge in [0.25, 0.3) is 11.8 Å². The molecule has 1 aliphatic rings. The number of esters is 1. The number of hydrogen-bond donors (Lipinski definition) is 0. The van der Waals surface area contributed by atoms with E-state index < -0.39 is 18.5 Å². The Labute approximate surface area is 165 Å². The van der Waals surface area contributed by atoms with E-state index in [0.29, 0.717) is 36.6 Å². The molecule has 2 aromatic heterocycles. The van der Waals surface area contributed by atoms with Gasteiger partial charge in [-0.05, 0) is 30.2 Å². The summed E-state index contributed by atoms with van der Waals surface area (Å²) >= 11 is 0. The number of ether oxygens (including phenoxy) is 1. The van der Waals surface area contributed by atoms with Crippen LogP contribution in [0.2, 0.25) is 0 Å². The molecule has 150 valence electrons. The topological polar surface area (TPSA) is 72.6 Å². The highest BCUT2D eigenvalue weighted by Crippen LogP contribution is 2.27. The second-order valence-electron chi connectivity index (χ2n) is 7.09. The average Bonchev–Trinajstić information content (AvgIpc) is 3.10. The van der Waals surface area contributed by atoms with Crippen LogP contribution in [0, 0.1) is 0 Å². The molecule has 6 nitrogen and oxygen atoms in total. The fraction of sp³-hybridized carbons (Fsp3) is 0.286. The minimum atomic E-state index is -3.11. The van der Waals surface area contributed by atoms with Crippen molar-refractivity contribution in [3.05, 3.63) is 65.2 Å². The van der Waals surface area contributed by atoms with E-state index in [1.54, 1.807) is 35.5 Å². The summed E-state index contributed by atoms with van der Waals surface area (Å²) in [5.41, 5.74) is 1.85. The zero-order chi connectivity index (χ0) is 20.6. The Kier molecular flexibility index (Phi) is 4.77. The van der Waals surface area contributed by atoms with Crippen molar-refractivity contribution >= 4 is 22.8 Å². The number of carbonyl (C=O) groups is 2. The van der Waals surface area contributed by atoms with Crippen LogP contribution in [-0.4, -0.2) is 40.8 Å². The predicted molar refractivity (Wildman–Crippen MR) is 99.8 cm³/mol. The van der Waals surface area contributed by atoms with Crippen molar-refractivity contribution in [1.82, 2.24) is 9.88 Å². The molecule has 0 spiro atoms. The van der Waals surface area contributed by atoms with Gasteiger partial charge in [0.1, 0.15) is 16.9 Å². The molecular formula is C21H18F2N2O4. The van der Waals surface area contributed by atoms with Gasteiger partial charge >= 0.3 is 5.97 Å². The summed E-state index contributed by atoms with van der Waals surface area (Å²) in [5, 5.41) is 0.629. The zero-order valence-corrected chi connectivity index (χ0v) is 15.7. The van der Waals surface area contributed by atoms with Crippen molar-refractivity contribution < 1.29 is 27.5 Å². The third kappa shape index (κ3) is 3.96. The largest absolute Gasteiger partial charge is 0.458 e. The molecule has 0 radical (unpaired) electrons. The Morgan fingerprint density at radius 1 is 1.34 bits per heavy atom. The van der Waals surface area contributed by atoms with Crippen LogP contribution in [0.1, 0.15) is 39.0 Å². The molecule has 0 atom stereocenters. The SMILES string of the molecule is CC(F)(F)COC(=O)c1cccc2cc(CN3CCc4ccncc4C3=O)oc12. The summed E-state index contributed by atoms with van der Waals surface area (Å²) < 4.78 is 36.4. The van der Waals surface area contributed by atoms with Crippen LogP contribution >= 0.6 is 0 Å². The first-order valence-electron chi connectivity index (χ1n) is 9.10. The highest BCUT2D eigenvalue weighted by atomic mass is 19.3. The van der Waals surface area contributed by atoms with Gasteiger partial charge in [-0.3, -0.25) is 9.78 Å². The highest BCUT2D eigenvalue weighted by Gasteiger charge is 2.27. The Morgan fingerprint density at radius 2 is 2.17 bits per heavy atom. The van der Waals surface area contributed by atoms with Crippen molar-refractivity contribution in [3.8, 4) is 0 Å². The Hall–Kier alpha value is -3.29. The number of pyridine rings is 1. The van der Waals surface area contributed by atoms with Gasteiger partial charge in [0, 0.05) is 31.2 Å². The molecule has 3 aromatic rings. The Morgan fingerprint density at radius 3 is 2.97 bits per heavy atom. The van der Waals surface area contributed by atoms with Gasteiger partial charge in [0.15, 0.2) is 6.61 Å². The number of furan rings is 1. The summed E-state index contributed by atoms with van der Waals surface area (Å²) in [5.74, 6) is -3.64. The average molecular weight is 400 g/mol. The van der Waals surface area contributed by atoms with Crippen LogP contribution in [0.25, 0.3) is 11.0 Å². The van der Waals surface area contributed by atoms with Crippen LogP contribution < -0.4 is 0 Å². The quantitative estimate of drug-likeness (QED) is 0.609. The lowest BCUT2D eigenvalue weighted by Crippen LogP contribution is -2.37. The predicted octanol–water partition coefficient (Wildman–Crippen LogP) is 3.84. The van der Waals surface area contributed by atoms with Gasteiger partial charge in [-0.2, -0.15) is 0 Å². The molecule has 0 saturated carbocycles. The number of para-hydroxylation sites is 1. The van der Waals surface area contributed by atoms with Crippen LogP contribution in [0.5, 0.6) is 0 Å². The van der Waals surface area contributed by atoms with Crippen molar-refractivity contribution in [1.29, 1.82) is 0 Å². The number of aromatic nitrogens is 1. The number of benzene rings is 1. The van der Waals surface area contributed by atoms with Gasteiger partial charge in [-0.25, -0.2) is 13.6 Å². The summed E-state index contributed by atoms with van der Waals surface area (Å²) in [6, 6.07) is 8.39. The molecule has 0 N–H and O–H groups in total. The summed E-state index contributed by atoms with van der Waals surface area (Å²) in [7, 11) is 0. The first kappa shape index (κ1) is 19.0. The number of nitrogens with zero attached hydrogens (tertiary/aromatic N) is 2. The van der Waals surface area contributed by atoms with Crippen LogP contribution in [0.3, 0.4) is 0 Å². The minimum Gasteiger partial charge on any atom is -0.458 e. The third-order valence-corrected chi connectivity index (χ3v) is 4.70. The van der Waals surface area contributed by atoms with Crippen LogP contribution in [0.4, 0.5) is 8.78 Å². The molecule has 1 amide bonds. The van der Waals surface area contributed by atoms with E-state index in [1.807, 2.05) is 6.07 Å². The van der Waals surface area contributed by atoms with Crippen molar-refractivity contribution in [2.75, 3.05) is 13.2 Å². The van der Waals surface area contributed by atoms with Gasteiger partial charge in [0.05, 0.1) is 12.1 Å². The number of amides is 1. The van der Waals surface area contributed by atoms with Gasteiger partial charge in [-0.15, -0.1) is 0 Å². The normalized spacial score (nSPS) is 14.2. The number of halogens is 2. The molecule has 0 fully saturated rings. The molecule has 3 heterocycles. The first-order valence-corrected chi connectivity index (χ1v) is 9.10. The molecule has 0 bridgehead atoms. The van der Waals surface area contributed by atoms with E-state index >= 15 is 0 Å². The Balaban J connectivity index is 1.56. The fourth-order valence-electron chi connectivity index (χ4n) is 3.33. The van der Waals surface area contributed by atoms with Crippen LogP contribution in [-0.2, 0) is 17.7 Å². The minimum absolute atomic E-state index is 0.0671. The second kappa shape index (κ2) is 7.27. The van der Waals surface area contributed by atoms with Crippen molar-refractivity contribution in [3.63, 3.8) is 0 Å². The van der Waals surface area contributed by atoms with Crippen molar-refractivity contribution in [2.45, 2.75) is 25.8 Å². The smallest absolute Gasteiger partial charge is 0.342 e. The molecule has 0 saturated heterocycles. The van der Waals surface area contributed by atoms with E-state index in [0.717, 1.165) is 5.56 Å². The van der Waals surface area contributed by atoms with E-state index in [1.165, 1.54) is 6.07 Å². The molecule has 1 aromatic carbocycles.